The largest absolute Gasteiger partial charge is 0.492 e. The van der Waals surface area contributed by atoms with Crippen molar-refractivity contribution >= 4 is 27.5 Å². The van der Waals surface area contributed by atoms with Gasteiger partial charge in [0.15, 0.2) is 0 Å². The minimum absolute atomic E-state index is 0.0391. The first-order chi connectivity index (χ1) is 18.4. The third kappa shape index (κ3) is 7.83. The van der Waals surface area contributed by atoms with Crippen LogP contribution < -0.4 is 14.4 Å². The summed E-state index contributed by atoms with van der Waals surface area (Å²) in [7, 11) is -4.17. The van der Waals surface area contributed by atoms with Crippen LogP contribution in [0, 0.1) is 0 Å². The Labute approximate surface area is 231 Å². The molecule has 3 aromatic rings. The van der Waals surface area contributed by atoms with Crippen molar-refractivity contribution in [1.82, 2.24) is 10.2 Å². The van der Waals surface area contributed by atoms with E-state index in [0.29, 0.717) is 12.4 Å². The van der Waals surface area contributed by atoms with E-state index in [1.807, 2.05) is 51.1 Å². The first-order valence-corrected chi connectivity index (χ1v) is 14.3. The molecule has 0 aliphatic heterocycles. The van der Waals surface area contributed by atoms with E-state index in [4.69, 9.17) is 4.74 Å². The number of nitrogens with zero attached hydrogens (tertiary/aromatic N) is 2. The van der Waals surface area contributed by atoms with Crippen LogP contribution in [0.2, 0.25) is 0 Å². The van der Waals surface area contributed by atoms with Gasteiger partial charge in [-0.05, 0) is 64.4 Å². The molecule has 0 fully saturated rings. The van der Waals surface area contributed by atoms with E-state index in [-0.39, 0.29) is 23.0 Å². The van der Waals surface area contributed by atoms with E-state index in [1.54, 1.807) is 56.3 Å². The molecule has 0 saturated heterocycles. The maximum Gasteiger partial charge on any atom is 0.264 e. The zero-order valence-corrected chi connectivity index (χ0v) is 23.9. The summed E-state index contributed by atoms with van der Waals surface area (Å²) in [5.41, 5.74) is 0.544. The van der Waals surface area contributed by atoms with Crippen LogP contribution in [0.15, 0.2) is 89.8 Å². The highest BCUT2D eigenvalue weighted by Gasteiger charge is 2.34. The predicted octanol–water partition coefficient (Wildman–Crippen LogP) is 4.61. The lowest BCUT2D eigenvalue weighted by molar-refractivity contribution is -0.140. The molecule has 1 N–H and O–H groups in total. The van der Waals surface area contributed by atoms with Gasteiger partial charge in [-0.1, -0.05) is 60.7 Å². The van der Waals surface area contributed by atoms with Crippen LogP contribution in [-0.4, -0.2) is 49.9 Å². The molecule has 0 saturated carbocycles. The second kappa shape index (κ2) is 12.8. The van der Waals surface area contributed by atoms with E-state index < -0.39 is 34.1 Å². The predicted molar refractivity (Wildman–Crippen MR) is 153 cm³/mol. The lowest BCUT2D eigenvalue weighted by atomic mass is 10.1. The topological polar surface area (TPSA) is 96.0 Å². The molecular formula is C30H37N3O5S. The Kier molecular flexibility index (Phi) is 9.75. The first kappa shape index (κ1) is 29.7. The van der Waals surface area contributed by atoms with Gasteiger partial charge >= 0.3 is 0 Å². The van der Waals surface area contributed by atoms with Crippen molar-refractivity contribution in [3.63, 3.8) is 0 Å². The smallest absolute Gasteiger partial charge is 0.264 e. The van der Waals surface area contributed by atoms with Crippen molar-refractivity contribution < 1.29 is 22.7 Å². The quantitative estimate of drug-likeness (QED) is 0.375. The van der Waals surface area contributed by atoms with Crippen LogP contribution in [0.5, 0.6) is 5.75 Å². The number of carbonyl (C=O) groups excluding carboxylic acids is 2. The fourth-order valence-electron chi connectivity index (χ4n) is 4.01. The number of amides is 2. The summed E-state index contributed by atoms with van der Waals surface area (Å²) < 4.78 is 34.6. The zero-order valence-electron chi connectivity index (χ0n) is 23.1. The maximum atomic E-state index is 14.0. The summed E-state index contributed by atoms with van der Waals surface area (Å²) in [5.74, 6) is -0.527. The summed E-state index contributed by atoms with van der Waals surface area (Å²) in [6, 6.07) is 23.1. The molecule has 8 nitrogen and oxygen atoms in total. The van der Waals surface area contributed by atoms with Crippen molar-refractivity contribution in [3.05, 3.63) is 90.5 Å². The van der Waals surface area contributed by atoms with Gasteiger partial charge in [-0.2, -0.15) is 0 Å². The number of ether oxygens (including phenoxy) is 1. The van der Waals surface area contributed by atoms with E-state index in [2.05, 4.69) is 5.32 Å². The maximum absolute atomic E-state index is 14.0. The number of para-hydroxylation sites is 2. The second-order valence-corrected chi connectivity index (χ2v) is 12.0. The van der Waals surface area contributed by atoms with Crippen LogP contribution in [0.1, 0.15) is 40.2 Å². The van der Waals surface area contributed by atoms with Gasteiger partial charge < -0.3 is 15.0 Å². The van der Waals surface area contributed by atoms with Gasteiger partial charge in [0.1, 0.15) is 18.3 Å². The Morgan fingerprint density at radius 3 is 2.05 bits per heavy atom. The lowest BCUT2D eigenvalue weighted by Gasteiger charge is -2.33. The van der Waals surface area contributed by atoms with Gasteiger partial charge in [0.05, 0.1) is 17.2 Å². The summed E-state index contributed by atoms with van der Waals surface area (Å²) in [6.07, 6.45) is 0. The number of rotatable bonds is 11. The molecule has 3 aromatic carbocycles. The fourth-order valence-corrected chi connectivity index (χ4v) is 5.46. The zero-order chi connectivity index (χ0) is 28.6. The minimum Gasteiger partial charge on any atom is -0.492 e. The molecule has 0 aliphatic rings. The van der Waals surface area contributed by atoms with Crippen molar-refractivity contribution in [2.24, 2.45) is 0 Å². The Hall–Kier alpha value is -3.85. The molecule has 0 heterocycles. The number of hydrogen-bond donors (Lipinski definition) is 1. The van der Waals surface area contributed by atoms with Crippen LogP contribution in [0.25, 0.3) is 0 Å². The molecule has 0 radical (unpaired) electrons. The number of carbonyl (C=O) groups is 2. The van der Waals surface area contributed by atoms with Gasteiger partial charge in [-0.15, -0.1) is 0 Å². The number of hydrogen-bond acceptors (Lipinski definition) is 5. The van der Waals surface area contributed by atoms with Gasteiger partial charge in [0, 0.05) is 12.1 Å². The highest BCUT2D eigenvalue weighted by Crippen LogP contribution is 2.32. The minimum atomic E-state index is -4.17. The van der Waals surface area contributed by atoms with Crippen LogP contribution in [0.4, 0.5) is 5.69 Å². The van der Waals surface area contributed by atoms with Crippen LogP contribution >= 0.6 is 0 Å². The highest BCUT2D eigenvalue weighted by molar-refractivity contribution is 7.92. The summed E-state index contributed by atoms with van der Waals surface area (Å²) in [4.78, 5) is 28.6. The number of benzene rings is 3. The SMILES string of the molecule is CCOc1ccccc1N(CC(=O)N(Cc1ccccc1)C(C)C(=O)NC(C)(C)C)S(=O)(=O)c1ccccc1. The Balaban J connectivity index is 2.06. The van der Waals surface area contributed by atoms with E-state index >= 15 is 0 Å². The molecule has 0 spiro atoms. The van der Waals surface area contributed by atoms with Gasteiger partial charge in [-0.3, -0.25) is 13.9 Å². The van der Waals surface area contributed by atoms with Gasteiger partial charge in [-0.25, -0.2) is 8.42 Å². The Morgan fingerprint density at radius 2 is 1.46 bits per heavy atom. The molecule has 208 valence electrons. The Bertz CT molecular complexity index is 1360. The molecular weight excluding hydrogens is 514 g/mol. The van der Waals surface area contributed by atoms with Gasteiger partial charge in [0.25, 0.3) is 10.0 Å². The standard InChI is InChI=1S/C30H37N3O5S/c1-6-38-27-20-14-13-19-26(27)33(39(36,37)25-17-11-8-12-18-25)22-28(34)32(21-24-15-9-7-10-16-24)23(2)29(35)31-30(3,4)5/h7-20,23H,6,21-22H2,1-5H3,(H,31,35). The fraction of sp³-hybridized carbons (Fsp3) is 0.333. The van der Waals surface area contributed by atoms with Crippen LogP contribution in [-0.2, 0) is 26.2 Å². The number of anilines is 1. The number of sulfonamides is 1. The molecule has 3 rings (SSSR count). The van der Waals surface area contributed by atoms with Crippen molar-refractivity contribution in [3.8, 4) is 5.75 Å². The van der Waals surface area contributed by atoms with E-state index in [1.165, 1.54) is 17.0 Å². The van der Waals surface area contributed by atoms with E-state index in [9.17, 15) is 18.0 Å². The lowest BCUT2D eigenvalue weighted by Crippen LogP contribution is -2.54. The first-order valence-electron chi connectivity index (χ1n) is 12.9. The summed E-state index contributed by atoms with van der Waals surface area (Å²) in [6.45, 7) is 8.95. The van der Waals surface area contributed by atoms with Crippen molar-refractivity contribution in [2.45, 2.75) is 57.6 Å². The van der Waals surface area contributed by atoms with Gasteiger partial charge in [0.2, 0.25) is 11.8 Å². The highest BCUT2D eigenvalue weighted by atomic mass is 32.2. The average molecular weight is 552 g/mol. The molecule has 1 atom stereocenters. The molecule has 1 unspecified atom stereocenters. The molecule has 0 aromatic heterocycles. The summed E-state index contributed by atoms with van der Waals surface area (Å²) in [5, 5.41) is 2.92. The molecule has 9 heteroatoms. The molecule has 0 bridgehead atoms. The van der Waals surface area contributed by atoms with E-state index in [0.717, 1.165) is 9.87 Å². The molecule has 2 amide bonds. The average Bonchev–Trinajstić information content (AvgIpc) is 2.90. The third-order valence-electron chi connectivity index (χ3n) is 5.91. The monoisotopic (exact) mass is 551 g/mol. The normalized spacial score (nSPS) is 12.3. The second-order valence-electron chi connectivity index (χ2n) is 10.1. The van der Waals surface area contributed by atoms with Crippen LogP contribution in [0.3, 0.4) is 0 Å². The number of nitrogens with one attached hydrogen (secondary N) is 1. The van der Waals surface area contributed by atoms with Crippen molar-refractivity contribution in [2.75, 3.05) is 17.5 Å². The Morgan fingerprint density at radius 1 is 0.897 bits per heavy atom. The molecule has 39 heavy (non-hydrogen) atoms. The third-order valence-corrected chi connectivity index (χ3v) is 7.68. The van der Waals surface area contributed by atoms with Crippen molar-refractivity contribution in [1.29, 1.82) is 0 Å². The summed E-state index contributed by atoms with van der Waals surface area (Å²) >= 11 is 0. The molecule has 0 aliphatic carbocycles.